The summed E-state index contributed by atoms with van der Waals surface area (Å²) in [6, 6.07) is 5.65. The Morgan fingerprint density at radius 1 is 1.20 bits per heavy atom. The summed E-state index contributed by atoms with van der Waals surface area (Å²) in [4.78, 5) is 0. The van der Waals surface area contributed by atoms with Crippen molar-refractivity contribution < 1.29 is 9.47 Å². The lowest BCUT2D eigenvalue weighted by atomic mass is 10.2. The van der Waals surface area contributed by atoms with Crippen LogP contribution in [0.4, 0.5) is 17.2 Å². The van der Waals surface area contributed by atoms with Crippen LogP contribution in [-0.2, 0) is 7.05 Å². The molecule has 20 heavy (non-hydrogen) atoms. The Kier molecular flexibility index (Phi) is 4.34. The van der Waals surface area contributed by atoms with Crippen LogP contribution in [0.1, 0.15) is 13.8 Å². The predicted octanol–water partition coefficient (Wildman–Crippen LogP) is 2.54. The van der Waals surface area contributed by atoms with E-state index in [1.54, 1.807) is 10.9 Å². The first-order chi connectivity index (χ1) is 9.63. The number of hydrogen-bond donors (Lipinski definition) is 2. The molecule has 0 aliphatic rings. The Balaban J connectivity index is 2.24. The number of aromatic nitrogens is 2. The van der Waals surface area contributed by atoms with Crippen molar-refractivity contribution in [3.63, 3.8) is 0 Å². The molecular weight excluding hydrogens is 256 g/mol. The normalized spacial score (nSPS) is 10.3. The first kappa shape index (κ1) is 14.0. The van der Waals surface area contributed by atoms with Crippen LogP contribution >= 0.6 is 0 Å². The molecule has 0 radical (unpaired) electrons. The van der Waals surface area contributed by atoms with E-state index in [1.807, 2.05) is 39.1 Å². The monoisotopic (exact) mass is 276 g/mol. The second-order valence-corrected chi connectivity index (χ2v) is 4.26. The zero-order valence-electron chi connectivity index (χ0n) is 12.0. The van der Waals surface area contributed by atoms with Crippen LogP contribution in [0.2, 0.25) is 0 Å². The molecule has 0 aliphatic carbocycles. The second-order valence-electron chi connectivity index (χ2n) is 4.26. The second kappa shape index (κ2) is 6.18. The molecule has 1 aromatic carbocycles. The standard InChI is InChI=1S/C14H20N4O2/c1-4-19-12-7-6-10(8-13(12)20-5-2)16-14-11(15)9-18(3)17-14/h6-9H,4-5,15H2,1-3H3,(H,16,17). The van der Waals surface area contributed by atoms with E-state index in [9.17, 15) is 0 Å². The molecule has 0 bridgehead atoms. The third kappa shape index (κ3) is 3.14. The topological polar surface area (TPSA) is 74.3 Å². The number of nitrogens with two attached hydrogens (primary N) is 1. The van der Waals surface area contributed by atoms with E-state index in [2.05, 4.69) is 10.4 Å². The SMILES string of the molecule is CCOc1ccc(Nc2nn(C)cc2N)cc1OCC. The third-order valence-electron chi connectivity index (χ3n) is 2.66. The largest absolute Gasteiger partial charge is 0.490 e. The fraction of sp³-hybridized carbons (Fsp3) is 0.357. The van der Waals surface area contributed by atoms with Crippen LogP contribution in [0.25, 0.3) is 0 Å². The van der Waals surface area contributed by atoms with E-state index in [4.69, 9.17) is 15.2 Å². The van der Waals surface area contributed by atoms with Gasteiger partial charge in [0.25, 0.3) is 0 Å². The molecule has 0 unspecified atom stereocenters. The average Bonchev–Trinajstić information content (AvgIpc) is 2.71. The Bertz CT molecular complexity index is 581. The minimum atomic E-state index is 0.579. The van der Waals surface area contributed by atoms with Gasteiger partial charge in [0.15, 0.2) is 17.3 Å². The van der Waals surface area contributed by atoms with Crippen LogP contribution in [0.3, 0.4) is 0 Å². The number of ether oxygens (including phenoxy) is 2. The van der Waals surface area contributed by atoms with Gasteiger partial charge in [-0.3, -0.25) is 4.68 Å². The third-order valence-corrected chi connectivity index (χ3v) is 2.66. The van der Waals surface area contributed by atoms with Crippen molar-refractivity contribution in [2.24, 2.45) is 7.05 Å². The molecule has 0 fully saturated rings. The van der Waals surface area contributed by atoms with Gasteiger partial charge in [-0.05, 0) is 26.0 Å². The summed E-state index contributed by atoms with van der Waals surface area (Å²) in [5.41, 5.74) is 7.31. The quantitative estimate of drug-likeness (QED) is 0.848. The van der Waals surface area contributed by atoms with Gasteiger partial charge in [-0.25, -0.2) is 0 Å². The summed E-state index contributed by atoms with van der Waals surface area (Å²) in [5.74, 6) is 2.06. The first-order valence-corrected chi connectivity index (χ1v) is 6.59. The van der Waals surface area contributed by atoms with E-state index in [-0.39, 0.29) is 0 Å². The lowest BCUT2D eigenvalue weighted by Crippen LogP contribution is -2.00. The number of nitrogens with one attached hydrogen (secondary N) is 1. The summed E-state index contributed by atoms with van der Waals surface area (Å²) in [6.45, 7) is 5.05. The molecule has 0 amide bonds. The number of hydrogen-bond acceptors (Lipinski definition) is 5. The molecule has 2 rings (SSSR count). The molecule has 0 spiro atoms. The fourth-order valence-corrected chi connectivity index (χ4v) is 1.87. The fourth-order valence-electron chi connectivity index (χ4n) is 1.87. The van der Waals surface area contributed by atoms with E-state index in [1.165, 1.54) is 0 Å². The van der Waals surface area contributed by atoms with Crippen LogP contribution in [0.15, 0.2) is 24.4 Å². The van der Waals surface area contributed by atoms with Crippen molar-refractivity contribution in [2.45, 2.75) is 13.8 Å². The smallest absolute Gasteiger partial charge is 0.175 e. The van der Waals surface area contributed by atoms with Gasteiger partial charge in [0.2, 0.25) is 0 Å². The average molecular weight is 276 g/mol. The maximum absolute atomic E-state index is 5.86. The van der Waals surface area contributed by atoms with Crippen molar-refractivity contribution in [3.8, 4) is 11.5 Å². The molecule has 0 aliphatic heterocycles. The molecule has 0 saturated carbocycles. The van der Waals surface area contributed by atoms with Gasteiger partial charge in [-0.1, -0.05) is 0 Å². The molecule has 0 atom stereocenters. The summed E-state index contributed by atoms with van der Waals surface area (Å²) in [5, 5.41) is 7.42. The van der Waals surface area contributed by atoms with E-state index < -0.39 is 0 Å². The zero-order valence-corrected chi connectivity index (χ0v) is 12.0. The lowest BCUT2D eigenvalue weighted by molar-refractivity contribution is 0.288. The zero-order chi connectivity index (χ0) is 14.5. The van der Waals surface area contributed by atoms with Crippen LogP contribution < -0.4 is 20.5 Å². The number of nitrogen functional groups attached to an aromatic ring is 1. The lowest BCUT2D eigenvalue weighted by Gasteiger charge is -2.13. The van der Waals surface area contributed by atoms with Gasteiger partial charge < -0.3 is 20.5 Å². The van der Waals surface area contributed by atoms with Crippen molar-refractivity contribution >= 4 is 17.2 Å². The summed E-state index contributed by atoms with van der Waals surface area (Å²) in [7, 11) is 1.82. The van der Waals surface area contributed by atoms with Crippen molar-refractivity contribution in [2.75, 3.05) is 24.3 Å². The van der Waals surface area contributed by atoms with E-state index in [0.29, 0.717) is 30.5 Å². The summed E-state index contributed by atoms with van der Waals surface area (Å²) < 4.78 is 12.8. The Morgan fingerprint density at radius 2 is 1.90 bits per heavy atom. The number of rotatable bonds is 6. The van der Waals surface area contributed by atoms with Gasteiger partial charge in [0.1, 0.15) is 0 Å². The summed E-state index contributed by atoms with van der Waals surface area (Å²) in [6.07, 6.45) is 1.75. The maximum atomic E-state index is 5.86. The molecular formula is C14H20N4O2. The molecule has 0 saturated heterocycles. The number of aryl methyl sites for hydroxylation is 1. The Hall–Kier alpha value is -2.37. The van der Waals surface area contributed by atoms with Gasteiger partial charge in [0.05, 0.1) is 18.9 Å². The highest BCUT2D eigenvalue weighted by Crippen LogP contribution is 2.32. The van der Waals surface area contributed by atoms with Crippen molar-refractivity contribution in [1.82, 2.24) is 9.78 Å². The van der Waals surface area contributed by atoms with Crippen molar-refractivity contribution in [3.05, 3.63) is 24.4 Å². The van der Waals surface area contributed by atoms with E-state index >= 15 is 0 Å². The molecule has 6 heteroatoms. The minimum Gasteiger partial charge on any atom is -0.490 e. The van der Waals surface area contributed by atoms with Crippen LogP contribution in [0.5, 0.6) is 11.5 Å². The van der Waals surface area contributed by atoms with E-state index in [0.717, 1.165) is 11.4 Å². The van der Waals surface area contributed by atoms with Crippen LogP contribution in [0, 0.1) is 0 Å². The Morgan fingerprint density at radius 3 is 2.50 bits per heavy atom. The predicted molar refractivity (Wildman–Crippen MR) is 79.7 cm³/mol. The number of nitrogens with zero attached hydrogens (tertiary/aromatic N) is 2. The molecule has 108 valence electrons. The molecule has 2 aromatic rings. The number of benzene rings is 1. The van der Waals surface area contributed by atoms with Crippen LogP contribution in [-0.4, -0.2) is 23.0 Å². The number of anilines is 3. The van der Waals surface area contributed by atoms with Gasteiger partial charge >= 0.3 is 0 Å². The van der Waals surface area contributed by atoms with Gasteiger partial charge in [0, 0.05) is 25.0 Å². The molecule has 6 nitrogen and oxygen atoms in total. The minimum absolute atomic E-state index is 0.579. The highest BCUT2D eigenvalue weighted by molar-refractivity contribution is 5.69. The van der Waals surface area contributed by atoms with Crippen molar-refractivity contribution in [1.29, 1.82) is 0 Å². The summed E-state index contributed by atoms with van der Waals surface area (Å²) >= 11 is 0. The highest BCUT2D eigenvalue weighted by Gasteiger charge is 2.09. The Labute approximate surface area is 118 Å². The highest BCUT2D eigenvalue weighted by atomic mass is 16.5. The molecule has 1 aromatic heterocycles. The van der Waals surface area contributed by atoms with Gasteiger partial charge in [-0.2, -0.15) is 5.10 Å². The maximum Gasteiger partial charge on any atom is 0.175 e. The molecule has 3 N–H and O–H groups in total. The molecule has 1 heterocycles. The van der Waals surface area contributed by atoms with Gasteiger partial charge in [-0.15, -0.1) is 0 Å². The first-order valence-electron chi connectivity index (χ1n) is 6.59.